The van der Waals surface area contributed by atoms with E-state index in [-0.39, 0.29) is 18.6 Å². The van der Waals surface area contributed by atoms with Crippen LogP contribution in [0, 0.1) is 23.2 Å². The first kappa shape index (κ1) is 28.4. The Morgan fingerprint density at radius 2 is 1.82 bits per heavy atom. The maximum Gasteiger partial charge on any atom is 0.425 e. The minimum Gasteiger partial charge on any atom is -0.481 e. The van der Waals surface area contributed by atoms with Crippen molar-refractivity contribution in [2.75, 3.05) is 13.1 Å². The summed E-state index contributed by atoms with van der Waals surface area (Å²) in [5.74, 6) is -7.32. The van der Waals surface area contributed by atoms with Gasteiger partial charge >= 0.3 is 6.18 Å². The lowest BCUT2D eigenvalue weighted by Gasteiger charge is -2.40. The van der Waals surface area contributed by atoms with E-state index in [0.717, 1.165) is 30.0 Å². The van der Waals surface area contributed by atoms with Gasteiger partial charge in [0.25, 0.3) is 5.92 Å². The van der Waals surface area contributed by atoms with Crippen LogP contribution in [-0.2, 0) is 19.4 Å². The Balaban J connectivity index is 1.57. The van der Waals surface area contributed by atoms with Gasteiger partial charge in [-0.1, -0.05) is 11.6 Å². The third kappa shape index (κ3) is 5.54. The second kappa shape index (κ2) is 9.51. The number of carbonyl (C=O) groups excluding carboxylic acids is 2. The molecule has 2 aliphatic carbocycles. The predicted molar refractivity (Wildman–Crippen MR) is 122 cm³/mol. The van der Waals surface area contributed by atoms with Crippen molar-refractivity contribution in [3.63, 3.8) is 0 Å². The van der Waals surface area contributed by atoms with Crippen LogP contribution < -0.4 is 10.1 Å². The maximum absolute atomic E-state index is 13.5. The van der Waals surface area contributed by atoms with Crippen molar-refractivity contribution in [1.29, 1.82) is 5.26 Å². The second-order valence-corrected chi connectivity index (χ2v) is 12.6. The lowest BCUT2D eigenvalue weighted by Crippen LogP contribution is -2.60. The number of rotatable bonds is 7. The fraction of sp³-hybridized carbons (Fsp3) is 0.609. The van der Waals surface area contributed by atoms with Gasteiger partial charge in [0, 0.05) is 6.07 Å². The summed E-state index contributed by atoms with van der Waals surface area (Å²) in [5.41, 5.74) is -1.10. The van der Waals surface area contributed by atoms with Crippen LogP contribution in [0.5, 0.6) is 5.75 Å². The molecular weight excluding hydrogens is 561 g/mol. The van der Waals surface area contributed by atoms with Crippen molar-refractivity contribution >= 4 is 33.3 Å². The largest absolute Gasteiger partial charge is 0.481 e. The summed E-state index contributed by atoms with van der Waals surface area (Å²) >= 11 is 6.10. The molecule has 1 aliphatic heterocycles. The van der Waals surface area contributed by atoms with Crippen LogP contribution in [0.1, 0.15) is 32.6 Å². The zero-order chi connectivity index (χ0) is 28.3. The zero-order valence-electron chi connectivity index (χ0n) is 19.9. The van der Waals surface area contributed by atoms with Gasteiger partial charge < -0.3 is 15.0 Å². The lowest BCUT2D eigenvalue weighted by molar-refractivity contribution is -0.189. The molecule has 1 heterocycles. The summed E-state index contributed by atoms with van der Waals surface area (Å²) in [6.07, 6.45) is -6.77. The molecule has 2 saturated carbocycles. The molecular formula is C23H23ClF5N3O5S. The molecule has 1 aromatic rings. The van der Waals surface area contributed by atoms with Crippen molar-refractivity contribution in [1.82, 2.24) is 10.2 Å². The number of nitrogens with zero attached hydrogens (tertiary/aromatic N) is 2. The molecule has 0 unspecified atom stereocenters. The van der Waals surface area contributed by atoms with Crippen molar-refractivity contribution < 1.29 is 44.7 Å². The molecule has 4 rings (SSSR count). The molecule has 38 heavy (non-hydrogen) atoms. The molecule has 8 nitrogen and oxygen atoms in total. The van der Waals surface area contributed by atoms with Gasteiger partial charge in [-0.2, -0.15) is 18.4 Å². The van der Waals surface area contributed by atoms with Gasteiger partial charge in [-0.25, -0.2) is 17.2 Å². The predicted octanol–water partition coefficient (Wildman–Crippen LogP) is 3.49. The quantitative estimate of drug-likeness (QED) is 0.491. The van der Waals surface area contributed by atoms with Gasteiger partial charge in [0.1, 0.15) is 11.3 Å². The molecule has 2 amide bonds. The van der Waals surface area contributed by atoms with E-state index >= 15 is 0 Å². The highest BCUT2D eigenvalue weighted by atomic mass is 35.5. The van der Waals surface area contributed by atoms with E-state index in [4.69, 9.17) is 16.3 Å². The first-order valence-electron chi connectivity index (χ1n) is 11.6. The van der Waals surface area contributed by atoms with Gasteiger partial charge in [-0.3, -0.25) is 9.59 Å². The monoisotopic (exact) mass is 583 g/mol. The number of nitriles is 1. The third-order valence-corrected chi connectivity index (χ3v) is 9.73. The van der Waals surface area contributed by atoms with Gasteiger partial charge in [0.05, 0.1) is 46.2 Å². The van der Waals surface area contributed by atoms with Crippen LogP contribution in [0.3, 0.4) is 0 Å². The summed E-state index contributed by atoms with van der Waals surface area (Å²) < 4.78 is 96.9. The summed E-state index contributed by atoms with van der Waals surface area (Å²) in [6.45, 7) is -0.925. The van der Waals surface area contributed by atoms with Crippen LogP contribution in [0.2, 0.25) is 5.02 Å². The molecule has 0 aromatic heterocycles. The number of likely N-dealkylation sites (tertiary alicyclic amines) is 1. The lowest BCUT2D eigenvalue weighted by atomic mass is 9.92. The number of halogens is 6. The van der Waals surface area contributed by atoms with Crippen LogP contribution in [0.4, 0.5) is 22.0 Å². The average Bonchev–Trinajstić information content (AvgIpc) is 3.41. The minimum absolute atomic E-state index is 0.319. The Morgan fingerprint density at radius 3 is 2.32 bits per heavy atom. The van der Waals surface area contributed by atoms with Crippen molar-refractivity contribution in [2.24, 2.45) is 11.8 Å². The van der Waals surface area contributed by atoms with Crippen molar-refractivity contribution in [3.8, 4) is 11.8 Å². The van der Waals surface area contributed by atoms with E-state index in [9.17, 15) is 45.2 Å². The number of benzene rings is 1. The van der Waals surface area contributed by atoms with Crippen molar-refractivity contribution in [3.05, 3.63) is 23.2 Å². The summed E-state index contributed by atoms with van der Waals surface area (Å²) in [4.78, 5) is 26.5. The number of hydrogen-bond acceptors (Lipinski definition) is 6. The molecule has 15 heteroatoms. The van der Waals surface area contributed by atoms with E-state index in [0.29, 0.717) is 12.8 Å². The molecule has 0 radical (unpaired) electrons. The zero-order valence-corrected chi connectivity index (χ0v) is 21.5. The molecule has 1 N–H and O–H groups in total. The number of nitrogens with one attached hydrogen (secondary N) is 1. The number of hydrogen-bond donors (Lipinski definition) is 1. The van der Waals surface area contributed by atoms with E-state index in [1.54, 1.807) is 0 Å². The minimum atomic E-state index is -4.66. The number of sulfone groups is 1. The first-order chi connectivity index (χ1) is 17.5. The van der Waals surface area contributed by atoms with Gasteiger partial charge in [-0.05, 0) is 44.7 Å². The maximum atomic E-state index is 13.5. The highest BCUT2D eigenvalue weighted by molar-refractivity contribution is 7.92. The molecule has 4 atom stereocenters. The van der Waals surface area contributed by atoms with E-state index < -0.39 is 85.5 Å². The Hall–Kier alpha value is -2.66. The van der Waals surface area contributed by atoms with Gasteiger partial charge in [-0.15, -0.1) is 0 Å². The molecule has 1 saturated heterocycles. The number of ether oxygens (including phenoxy) is 1. The van der Waals surface area contributed by atoms with E-state index in [1.807, 2.05) is 6.07 Å². The molecule has 1 aromatic carbocycles. The summed E-state index contributed by atoms with van der Waals surface area (Å²) in [6, 6.07) is 4.87. The Bertz CT molecular complexity index is 1290. The first-order valence-corrected chi connectivity index (χ1v) is 13.6. The summed E-state index contributed by atoms with van der Waals surface area (Å²) in [7, 11) is -4.32. The van der Waals surface area contributed by atoms with Crippen LogP contribution in [-0.4, -0.2) is 67.2 Å². The molecule has 0 bridgehead atoms. The molecule has 3 aliphatic rings. The summed E-state index contributed by atoms with van der Waals surface area (Å²) in [5, 5.41) is 10.1. The topological polar surface area (TPSA) is 117 Å². The number of carbonyl (C=O) groups is 2. The van der Waals surface area contributed by atoms with Crippen LogP contribution >= 0.6 is 11.6 Å². The van der Waals surface area contributed by atoms with Crippen molar-refractivity contribution in [2.45, 2.75) is 66.5 Å². The van der Waals surface area contributed by atoms with Gasteiger partial charge in [0.15, 0.2) is 15.9 Å². The fourth-order valence-corrected chi connectivity index (χ4v) is 7.03. The normalized spacial score (nSPS) is 26.6. The van der Waals surface area contributed by atoms with E-state index in [1.165, 1.54) is 0 Å². The number of alkyl halides is 5. The van der Waals surface area contributed by atoms with Crippen LogP contribution in [0.25, 0.3) is 0 Å². The highest BCUT2D eigenvalue weighted by Gasteiger charge is 2.55. The molecule has 0 spiro atoms. The number of amides is 2. The second-order valence-electron chi connectivity index (χ2n) is 9.98. The Morgan fingerprint density at radius 1 is 1.21 bits per heavy atom. The standard InChI is InChI=1S/C23H23ClF5N3O5S/c1-12(23(27,28)29)37-13-2-3-18(17(24)6-13)38(35,36)14-7-15(19(33)31-21(9-30)4-5-21)16(8-14)20(34)32-10-22(25,26)11-32/h2-3,6,12,14-16H,4-5,7-8,10-11H2,1H3,(H,31,33)/t12-,14+,15+,16+/m0/s1. The fourth-order valence-electron chi connectivity index (χ4n) is 4.66. The Labute approximate surface area is 220 Å². The smallest absolute Gasteiger partial charge is 0.425 e. The Kier molecular flexibility index (Phi) is 7.10. The average molecular weight is 584 g/mol. The highest BCUT2D eigenvalue weighted by Crippen LogP contribution is 2.44. The third-order valence-electron chi connectivity index (χ3n) is 7.08. The van der Waals surface area contributed by atoms with Crippen LogP contribution in [0.15, 0.2) is 23.1 Å². The van der Waals surface area contributed by atoms with Gasteiger partial charge in [0.2, 0.25) is 11.8 Å². The molecule has 208 valence electrons. The molecule has 3 fully saturated rings. The van der Waals surface area contributed by atoms with E-state index in [2.05, 4.69) is 5.32 Å². The SMILES string of the molecule is C[C@H](Oc1ccc(S(=O)(=O)[C@@H]2C[C@@H](C(=O)NC3(C#N)CC3)[C@H](C(=O)N3CC(F)(F)C3)C2)c(Cl)c1)C(F)(F)F.